The molecule has 2 rings (SSSR count). The molecule has 0 atom stereocenters. The third-order valence-corrected chi connectivity index (χ3v) is 2.53. The van der Waals surface area contributed by atoms with Crippen LogP contribution in [0.3, 0.4) is 0 Å². The molecule has 0 fully saturated rings. The maximum atomic E-state index is 10.5. The fourth-order valence-corrected chi connectivity index (χ4v) is 1.64. The van der Waals surface area contributed by atoms with E-state index in [4.69, 9.17) is 9.84 Å². The van der Waals surface area contributed by atoms with Gasteiger partial charge in [-0.25, -0.2) is 0 Å². The number of carboxylic acids is 1. The summed E-state index contributed by atoms with van der Waals surface area (Å²) in [4.78, 5) is 11.6. The van der Waals surface area contributed by atoms with Gasteiger partial charge in [-0.1, -0.05) is 19.1 Å². The molecule has 1 aromatic heterocycles. The van der Waals surface area contributed by atoms with E-state index in [0.717, 1.165) is 22.5 Å². The summed E-state index contributed by atoms with van der Waals surface area (Å²) in [6.07, 6.45) is 1.48. The maximum Gasteiger partial charge on any atom is 0.327 e. The first-order chi connectivity index (χ1) is 9.67. The molecule has 0 aliphatic rings. The number of tetrazole rings is 1. The molecule has 1 aromatic carbocycles. The number of hydrogen-bond donors (Lipinski definition) is 1. The van der Waals surface area contributed by atoms with Crippen molar-refractivity contribution in [3.05, 3.63) is 35.7 Å². The molecule has 1 heterocycles. The van der Waals surface area contributed by atoms with Gasteiger partial charge in [0.2, 0.25) is 0 Å². The first-order valence-corrected chi connectivity index (χ1v) is 6.37. The van der Waals surface area contributed by atoms with Crippen molar-refractivity contribution < 1.29 is 14.6 Å². The quantitative estimate of drug-likeness (QED) is 0.815. The number of aliphatic carboxylic acids is 1. The molecule has 0 aliphatic heterocycles. The van der Waals surface area contributed by atoms with Gasteiger partial charge in [-0.2, -0.15) is 4.80 Å². The summed E-state index contributed by atoms with van der Waals surface area (Å²) < 4.78 is 5.50. The molecule has 2 aromatic rings. The fraction of sp³-hybridized carbons (Fsp3) is 0.385. The summed E-state index contributed by atoms with van der Waals surface area (Å²) in [5.74, 6) is 0.331. The number of carbonyl (C=O) groups is 1. The zero-order valence-electron chi connectivity index (χ0n) is 11.2. The molecule has 106 valence electrons. The molecule has 0 saturated carbocycles. The molecule has 0 amide bonds. The number of hydrogen-bond acceptors (Lipinski definition) is 5. The number of rotatable bonds is 7. The molecular weight excluding hydrogens is 260 g/mol. The molecule has 0 unspecified atom stereocenters. The Kier molecular flexibility index (Phi) is 4.65. The normalized spacial score (nSPS) is 10.4. The molecule has 7 nitrogen and oxygen atoms in total. The van der Waals surface area contributed by atoms with E-state index in [1.807, 2.05) is 24.3 Å². The number of carboxylic acid groups (broad SMARTS) is 1. The Hall–Kier alpha value is -2.44. The molecule has 1 N–H and O–H groups in total. The van der Waals surface area contributed by atoms with Crippen LogP contribution < -0.4 is 4.74 Å². The van der Waals surface area contributed by atoms with Gasteiger partial charge in [0.15, 0.2) is 12.4 Å². The molecule has 0 spiro atoms. The molecule has 0 aliphatic carbocycles. The van der Waals surface area contributed by atoms with E-state index in [1.54, 1.807) is 0 Å². The third kappa shape index (κ3) is 4.04. The van der Waals surface area contributed by atoms with E-state index < -0.39 is 5.97 Å². The average molecular weight is 276 g/mol. The number of ether oxygens (including phenoxy) is 1. The Morgan fingerprint density at radius 1 is 1.35 bits per heavy atom. The van der Waals surface area contributed by atoms with Gasteiger partial charge in [0.05, 0.1) is 6.61 Å². The van der Waals surface area contributed by atoms with Crippen LogP contribution in [0.15, 0.2) is 24.3 Å². The highest BCUT2D eigenvalue weighted by Gasteiger charge is 2.07. The maximum absolute atomic E-state index is 10.5. The Labute approximate surface area is 116 Å². The summed E-state index contributed by atoms with van der Waals surface area (Å²) in [6.45, 7) is 2.47. The minimum absolute atomic E-state index is 0.281. The second-order valence-electron chi connectivity index (χ2n) is 4.30. The van der Waals surface area contributed by atoms with Crippen LogP contribution in [0.25, 0.3) is 0 Å². The van der Waals surface area contributed by atoms with Gasteiger partial charge in [-0.15, -0.1) is 10.2 Å². The molecule has 20 heavy (non-hydrogen) atoms. The fourth-order valence-electron chi connectivity index (χ4n) is 1.64. The lowest BCUT2D eigenvalue weighted by Gasteiger charge is -2.04. The minimum atomic E-state index is -0.994. The zero-order chi connectivity index (χ0) is 14.4. The van der Waals surface area contributed by atoms with Gasteiger partial charge in [0.25, 0.3) is 0 Å². The molecular formula is C13H16N4O3. The van der Waals surface area contributed by atoms with Gasteiger partial charge in [0, 0.05) is 6.42 Å². The monoisotopic (exact) mass is 276 g/mol. The molecule has 0 bridgehead atoms. The average Bonchev–Trinajstić information content (AvgIpc) is 2.84. The van der Waals surface area contributed by atoms with Crippen molar-refractivity contribution in [1.82, 2.24) is 20.2 Å². The van der Waals surface area contributed by atoms with Crippen LogP contribution >= 0.6 is 0 Å². The molecule has 7 heteroatoms. The Morgan fingerprint density at radius 3 is 2.75 bits per heavy atom. The largest absolute Gasteiger partial charge is 0.494 e. The van der Waals surface area contributed by atoms with Crippen LogP contribution in [0, 0.1) is 0 Å². The smallest absolute Gasteiger partial charge is 0.327 e. The molecule has 0 radical (unpaired) electrons. The topological polar surface area (TPSA) is 90.1 Å². The summed E-state index contributed by atoms with van der Waals surface area (Å²) in [6, 6.07) is 7.66. The van der Waals surface area contributed by atoms with Crippen molar-refractivity contribution in [2.75, 3.05) is 6.61 Å². The van der Waals surface area contributed by atoms with Gasteiger partial charge in [-0.3, -0.25) is 4.79 Å². The lowest BCUT2D eigenvalue weighted by Crippen LogP contribution is -2.11. The summed E-state index contributed by atoms with van der Waals surface area (Å²) in [5.41, 5.74) is 1.02. The van der Waals surface area contributed by atoms with Gasteiger partial charge in [-0.05, 0) is 29.3 Å². The van der Waals surface area contributed by atoms with Crippen molar-refractivity contribution in [3.8, 4) is 5.75 Å². The van der Waals surface area contributed by atoms with E-state index in [1.165, 1.54) is 0 Å². The van der Waals surface area contributed by atoms with Crippen molar-refractivity contribution in [1.29, 1.82) is 0 Å². The van der Waals surface area contributed by atoms with E-state index >= 15 is 0 Å². The second-order valence-corrected chi connectivity index (χ2v) is 4.30. The number of aromatic nitrogens is 4. The van der Waals surface area contributed by atoms with Crippen LogP contribution in [0.4, 0.5) is 0 Å². The second kappa shape index (κ2) is 6.65. The van der Waals surface area contributed by atoms with Crippen LogP contribution in [0.5, 0.6) is 5.75 Å². The predicted molar refractivity (Wildman–Crippen MR) is 70.5 cm³/mol. The highest BCUT2D eigenvalue weighted by Crippen LogP contribution is 2.14. The van der Waals surface area contributed by atoms with Gasteiger partial charge in [0.1, 0.15) is 5.75 Å². The van der Waals surface area contributed by atoms with Crippen LogP contribution in [0.2, 0.25) is 0 Å². The van der Waals surface area contributed by atoms with E-state index in [-0.39, 0.29) is 6.54 Å². The van der Waals surface area contributed by atoms with Gasteiger partial charge >= 0.3 is 5.97 Å². The first-order valence-electron chi connectivity index (χ1n) is 6.37. The summed E-state index contributed by atoms with van der Waals surface area (Å²) in [5, 5.41) is 20.1. The van der Waals surface area contributed by atoms with E-state index in [2.05, 4.69) is 22.3 Å². The van der Waals surface area contributed by atoms with E-state index in [0.29, 0.717) is 18.9 Å². The summed E-state index contributed by atoms with van der Waals surface area (Å²) in [7, 11) is 0. The Morgan fingerprint density at radius 2 is 2.10 bits per heavy atom. The van der Waals surface area contributed by atoms with Gasteiger partial charge < -0.3 is 9.84 Å². The highest BCUT2D eigenvalue weighted by molar-refractivity contribution is 5.66. The van der Waals surface area contributed by atoms with Crippen molar-refractivity contribution in [2.24, 2.45) is 0 Å². The van der Waals surface area contributed by atoms with Crippen LogP contribution in [-0.2, 0) is 17.8 Å². The van der Waals surface area contributed by atoms with Crippen molar-refractivity contribution >= 4 is 5.97 Å². The number of benzene rings is 1. The summed E-state index contributed by atoms with van der Waals surface area (Å²) >= 11 is 0. The van der Waals surface area contributed by atoms with Crippen LogP contribution in [-0.4, -0.2) is 37.9 Å². The lowest BCUT2D eigenvalue weighted by atomic mass is 10.1. The zero-order valence-corrected chi connectivity index (χ0v) is 11.2. The minimum Gasteiger partial charge on any atom is -0.494 e. The SMILES string of the molecule is CCCOc1ccc(Cc2nnn(CC(=O)O)n2)cc1. The van der Waals surface area contributed by atoms with Crippen molar-refractivity contribution in [2.45, 2.75) is 26.3 Å². The standard InChI is InChI=1S/C13H16N4O3/c1-2-7-20-11-5-3-10(4-6-11)8-12-14-16-17(15-12)9-13(18)19/h3-6H,2,7-9H2,1H3,(H,18,19). The molecule has 0 saturated heterocycles. The number of nitrogens with zero attached hydrogens (tertiary/aromatic N) is 4. The first kappa shape index (κ1) is 14.0. The van der Waals surface area contributed by atoms with Crippen LogP contribution in [0.1, 0.15) is 24.7 Å². The predicted octanol–water partition coefficient (Wildman–Crippen LogP) is 1.14. The Bertz CT molecular complexity index is 565. The lowest BCUT2D eigenvalue weighted by molar-refractivity contribution is -0.138. The van der Waals surface area contributed by atoms with E-state index in [9.17, 15) is 4.79 Å². The van der Waals surface area contributed by atoms with Crippen molar-refractivity contribution in [3.63, 3.8) is 0 Å². The third-order valence-electron chi connectivity index (χ3n) is 2.53. The Balaban J connectivity index is 1.95. The highest BCUT2D eigenvalue weighted by atomic mass is 16.5.